The van der Waals surface area contributed by atoms with Gasteiger partial charge in [-0.25, -0.2) is 0 Å². The SMILES string of the molecule is C=C/C1=C(\C=C)C2C(N=NN2C)c2ccccc2N(C(C)(C)C)C1.CC. The summed E-state index contributed by atoms with van der Waals surface area (Å²) in [4.78, 5) is 2.42. The van der Waals surface area contributed by atoms with Crippen LogP contribution in [0.25, 0.3) is 0 Å². The van der Waals surface area contributed by atoms with Crippen molar-refractivity contribution in [2.75, 3.05) is 18.5 Å². The van der Waals surface area contributed by atoms with Gasteiger partial charge in [0.05, 0.1) is 0 Å². The molecule has 0 amide bonds. The molecule has 2 atom stereocenters. The first-order chi connectivity index (χ1) is 12.4. The Morgan fingerprint density at radius 2 is 1.77 bits per heavy atom. The van der Waals surface area contributed by atoms with Crippen molar-refractivity contribution in [2.24, 2.45) is 10.3 Å². The van der Waals surface area contributed by atoms with E-state index in [1.54, 1.807) is 0 Å². The Labute approximate surface area is 158 Å². The van der Waals surface area contributed by atoms with E-state index in [1.165, 1.54) is 16.8 Å². The van der Waals surface area contributed by atoms with Gasteiger partial charge in [0, 0.05) is 30.4 Å². The molecule has 0 saturated carbocycles. The molecule has 0 fully saturated rings. The number of hydrogen-bond donors (Lipinski definition) is 0. The number of para-hydroxylation sites is 1. The predicted molar refractivity (Wildman–Crippen MR) is 111 cm³/mol. The fraction of sp³-hybridized carbons (Fsp3) is 0.455. The molecule has 26 heavy (non-hydrogen) atoms. The van der Waals surface area contributed by atoms with E-state index in [0.717, 1.165) is 12.1 Å². The lowest BCUT2D eigenvalue weighted by Crippen LogP contribution is -2.45. The Balaban J connectivity index is 0.00000117. The quantitative estimate of drug-likeness (QED) is 0.681. The lowest BCUT2D eigenvalue weighted by Gasteiger charge is -2.42. The van der Waals surface area contributed by atoms with Gasteiger partial charge in [-0.1, -0.05) is 62.6 Å². The maximum atomic E-state index is 4.57. The van der Waals surface area contributed by atoms with Crippen molar-refractivity contribution in [1.29, 1.82) is 0 Å². The van der Waals surface area contributed by atoms with E-state index in [1.807, 2.05) is 38.1 Å². The smallest absolute Gasteiger partial charge is 0.126 e. The molecular weight excluding hydrogens is 320 g/mol. The zero-order chi connectivity index (χ0) is 19.5. The normalized spacial score (nSPS) is 24.7. The van der Waals surface area contributed by atoms with Crippen LogP contribution in [-0.4, -0.2) is 30.2 Å². The molecule has 1 aromatic rings. The maximum Gasteiger partial charge on any atom is 0.126 e. The third-order valence-electron chi connectivity index (χ3n) is 4.86. The van der Waals surface area contributed by atoms with Crippen LogP contribution in [0, 0.1) is 0 Å². The van der Waals surface area contributed by atoms with Gasteiger partial charge in [-0.2, -0.15) is 5.11 Å². The van der Waals surface area contributed by atoms with Crippen molar-refractivity contribution in [3.8, 4) is 0 Å². The van der Waals surface area contributed by atoms with Crippen LogP contribution < -0.4 is 4.90 Å². The molecule has 140 valence electrons. The van der Waals surface area contributed by atoms with E-state index < -0.39 is 0 Å². The highest BCUT2D eigenvalue weighted by molar-refractivity contribution is 5.61. The Morgan fingerprint density at radius 1 is 1.12 bits per heavy atom. The second-order valence-electron chi connectivity index (χ2n) is 7.37. The van der Waals surface area contributed by atoms with Crippen LogP contribution >= 0.6 is 0 Å². The van der Waals surface area contributed by atoms with Gasteiger partial charge in [-0.15, -0.1) is 0 Å². The third-order valence-corrected chi connectivity index (χ3v) is 4.86. The Kier molecular flexibility index (Phi) is 6.06. The van der Waals surface area contributed by atoms with Crippen LogP contribution in [0.1, 0.15) is 46.2 Å². The van der Waals surface area contributed by atoms with Gasteiger partial charge in [0.2, 0.25) is 0 Å². The summed E-state index contributed by atoms with van der Waals surface area (Å²) >= 11 is 0. The van der Waals surface area contributed by atoms with Gasteiger partial charge in [0.15, 0.2) is 0 Å². The molecule has 3 rings (SSSR count). The van der Waals surface area contributed by atoms with E-state index in [2.05, 4.69) is 73.4 Å². The molecule has 2 unspecified atom stereocenters. The summed E-state index contributed by atoms with van der Waals surface area (Å²) in [6.07, 6.45) is 3.89. The average Bonchev–Trinajstić information content (AvgIpc) is 2.98. The summed E-state index contributed by atoms with van der Waals surface area (Å²) in [5.74, 6) is 0. The third kappa shape index (κ3) is 3.46. The number of rotatable bonds is 2. The van der Waals surface area contributed by atoms with Crippen molar-refractivity contribution in [3.05, 3.63) is 66.3 Å². The molecule has 0 saturated heterocycles. The number of likely N-dealkylation sites (N-methyl/N-ethyl adjacent to an activating group) is 1. The Hall–Kier alpha value is -2.36. The van der Waals surface area contributed by atoms with Crippen molar-refractivity contribution >= 4 is 5.69 Å². The topological polar surface area (TPSA) is 31.2 Å². The maximum absolute atomic E-state index is 4.57. The number of benzene rings is 1. The van der Waals surface area contributed by atoms with E-state index in [-0.39, 0.29) is 17.6 Å². The Bertz CT molecular complexity index is 724. The van der Waals surface area contributed by atoms with Crippen LogP contribution in [0.3, 0.4) is 0 Å². The van der Waals surface area contributed by atoms with Crippen molar-refractivity contribution in [2.45, 2.75) is 52.2 Å². The molecule has 0 N–H and O–H groups in total. The monoisotopic (exact) mass is 352 g/mol. The zero-order valence-electron chi connectivity index (χ0n) is 17.0. The highest BCUT2D eigenvalue weighted by Gasteiger charge is 2.39. The second kappa shape index (κ2) is 7.90. The van der Waals surface area contributed by atoms with Crippen LogP contribution in [0.5, 0.6) is 0 Å². The largest absolute Gasteiger partial charge is 0.362 e. The van der Waals surface area contributed by atoms with Crippen LogP contribution in [0.4, 0.5) is 5.69 Å². The summed E-state index contributed by atoms with van der Waals surface area (Å²) in [7, 11) is 1.98. The van der Waals surface area contributed by atoms with Gasteiger partial charge in [0.1, 0.15) is 12.1 Å². The molecule has 0 bridgehead atoms. The first-order valence-corrected chi connectivity index (χ1v) is 9.36. The molecule has 4 heteroatoms. The fourth-order valence-corrected chi connectivity index (χ4v) is 3.62. The summed E-state index contributed by atoms with van der Waals surface area (Å²) in [5, 5.41) is 10.9. The summed E-state index contributed by atoms with van der Waals surface area (Å²) < 4.78 is 0. The summed E-state index contributed by atoms with van der Waals surface area (Å²) in [6.45, 7) is 19.6. The van der Waals surface area contributed by atoms with E-state index in [0.29, 0.717) is 0 Å². The van der Waals surface area contributed by atoms with Crippen LogP contribution in [0.15, 0.2) is 71.1 Å². The molecule has 0 aromatic heterocycles. The van der Waals surface area contributed by atoms with Crippen molar-refractivity contribution < 1.29 is 0 Å². The Morgan fingerprint density at radius 3 is 2.35 bits per heavy atom. The first kappa shape index (κ1) is 20.0. The fourth-order valence-electron chi connectivity index (χ4n) is 3.62. The molecule has 2 aliphatic heterocycles. The van der Waals surface area contributed by atoms with Gasteiger partial charge < -0.3 is 4.90 Å². The van der Waals surface area contributed by atoms with E-state index >= 15 is 0 Å². The molecular formula is C22H32N4. The molecule has 0 radical (unpaired) electrons. The average molecular weight is 353 g/mol. The summed E-state index contributed by atoms with van der Waals surface area (Å²) in [6, 6.07) is 8.57. The number of fused-ring (bicyclic) bond motifs is 3. The molecule has 0 spiro atoms. The van der Waals surface area contributed by atoms with Crippen LogP contribution in [-0.2, 0) is 0 Å². The minimum absolute atomic E-state index is 0.0227. The van der Waals surface area contributed by atoms with Crippen molar-refractivity contribution in [1.82, 2.24) is 5.01 Å². The molecule has 4 nitrogen and oxygen atoms in total. The number of nitrogens with zero attached hydrogens (tertiary/aromatic N) is 4. The first-order valence-electron chi connectivity index (χ1n) is 9.36. The van der Waals surface area contributed by atoms with Gasteiger partial charge >= 0.3 is 0 Å². The van der Waals surface area contributed by atoms with Gasteiger partial charge in [0.25, 0.3) is 0 Å². The standard InChI is InChI=1S/C20H26N4.C2H6/c1-7-14-13-24(20(3,4)5)17-12-10-9-11-16(17)18-19(15(14)8-2)23(6)22-21-18;1-2/h7-12,18-19H,1-2,13H2,3-6H3;1-2H3/b15-14-;. The minimum Gasteiger partial charge on any atom is -0.362 e. The lowest BCUT2D eigenvalue weighted by molar-refractivity contribution is 0.305. The summed E-state index contributed by atoms with van der Waals surface area (Å²) in [5.41, 5.74) is 4.75. The zero-order valence-corrected chi connectivity index (χ0v) is 17.0. The van der Waals surface area contributed by atoms with Crippen molar-refractivity contribution in [3.63, 3.8) is 0 Å². The minimum atomic E-state index is -0.0284. The lowest BCUT2D eigenvalue weighted by atomic mass is 9.86. The second-order valence-corrected chi connectivity index (χ2v) is 7.37. The predicted octanol–water partition coefficient (Wildman–Crippen LogP) is 5.72. The molecule has 2 aliphatic rings. The van der Waals surface area contributed by atoms with Gasteiger partial charge in [-0.05, 0) is 38.0 Å². The van der Waals surface area contributed by atoms with E-state index in [9.17, 15) is 0 Å². The van der Waals surface area contributed by atoms with Gasteiger partial charge in [-0.3, -0.25) is 5.01 Å². The van der Waals surface area contributed by atoms with E-state index in [4.69, 9.17) is 0 Å². The number of anilines is 1. The highest BCUT2D eigenvalue weighted by Crippen LogP contribution is 2.43. The number of hydrogen-bond acceptors (Lipinski definition) is 4. The molecule has 1 aromatic carbocycles. The van der Waals surface area contributed by atoms with Crippen LogP contribution in [0.2, 0.25) is 0 Å². The molecule has 2 heterocycles. The highest BCUT2D eigenvalue weighted by atomic mass is 15.6. The molecule has 0 aliphatic carbocycles.